The summed E-state index contributed by atoms with van der Waals surface area (Å²) in [5.41, 5.74) is 0. The molecule has 1 fully saturated rings. The SMILES string of the molecule is CC(C(=O)N1CCN(Cc2ccco2)CC1)n1cncn1. The number of rotatable bonds is 4. The fourth-order valence-electron chi connectivity index (χ4n) is 2.54. The van der Waals surface area contributed by atoms with Crippen molar-refractivity contribution in [3.05, 3.63) is 36.8 Å². The van der Waals surface area contributed by atoms with Gasteiger partial charge < -0.3 is 9.32 Å². The Morgan fingerprint density at radius 2 is 2.19 bits per heavy atom. The monoisotopic (exact) mass is 289 g/mol. The van der Waals surface area contributed by atoms with Gasteiger partial charge in [-0.15, -0.1) is 0 Å². The lowest BCUT2D eigenvalue weighted by atomic mass is 10.2. The molecule has 3 rings (SSSR count). The lowest BCUT2D eigenvalue weighted by molar-refractivity contribution is -0.136. The van der Waals surface area contributed by atoms with Crippen LogP contribution in [0.15, 0.2) is 35.5 Å². The van der Waals surface area contributed by atoms with Crippen molar-refractivity contribution < 1.29 is 9.21 Å². The van der Waals surface area contributed by atoms with Gasteiger partial charge in [-0.2, -0.15) is 5.10 Å². The van der Waals surface area contributed by atoms with E-state index in [-0.39, 0.29) is 11.9 Å². The predicted octanol–water partition coefficient (Wildman–Crippen LogP) is 0.776. The highest BCUT2D eigenvalue weighted by atomic mass is 16.3. The van der Waals surface area contributed by atoms with Crippen molar-refractivity contribution in [1.29, 1.82) is 0 Å². The number of aromatic nitrogens is 3. The van der Waals surface area contributed by atoms with Crippen molar-refractivity contribution in [2.45, 2.75) is 19.5 Å². The molecule has 1 atom stereocenters. The molecule has 0 N–H and O–H groups in total. The highest BCUT2D eigenvalue weighted by Crippen LogP contribution is 2.13. The fourth-order valence-corrected chi connectivity index (χ4v) is 2.54. The Kier molecular flexibility index (Phi) is 4.01. The number of piperazine rings is 1. The topological polar surface area (TPSA) is 67.4 Å². The first-order valence-corrected chi connectivity index (χ1v) is 7.11. The van der Waals surface area contributed by atoms with E-state index < -0.39 is 0 Å². The van der Waals surface area contributed by atoms with Crippen LogP contribution < -0.4 is 0 Å². The Morgan fingerprint density at radius 3 is 2.81 bits per heavy atom. The molecule has 0 aliphatic carbocycles. The summed E-state index contributed by atoms with van der Waals surface area (Å²) in [5.74, 6) is 1.06. The molecule has 1 unspecified atom stereocenters. The summed E-state index contributed by atoms with van der Waals surface area (Å²) in [6, 6.07) is 3.57. The zero-order chi connectivity index (χ0) is 14.7. The molecule has 21 heavy (non-hydrogen) atoms. The zero-order valence-electron chi connectivity index (χ0n) is 12.1. The minimum Gasteiger partial charge on any atom is -0.468 e. The molecule has 3 heterocycles. The molecule has 0 aromatic carbocycles. The first-order valence-electron chi connectivity index (χ1n) is 7.11. The molecule has 1 saturated heterocycles. The Bertz CT molecular complexity index is 558. The van der Waals surface area contributed by atoms with Gasteiger partial charge in [0, 0.05) is 26.2 Å². The van der Waals surface area contributed by atoms with Gasteiger partial charge in [0.15, 0.2) is 0 Å². The van der Waals surface area contributed by atoms with E-state index in [1.807, 2.05) is 24.0 Å². The van der Waals surface area contributed by atoms with Crippen LogP contribution in [0.4, 0.5) is 0 Å². The molecule has 1 aliphatic heterocycles. The maximum Gasteiger partial charge on any atom is 0.247 e. The molecule has 7 heteroatoms. The van der Waals surface area contributed by atoms with Gasteiger partial charge in [0.05, 0.1) is 12.8 Å². The predicted molar refractivity (Wildman–Crippen MR) is 75.3 cm³/mol. The first kappa shape index (κ1) is 13.8. The number of carbonyl (C=O) groups is 1. The second-order valence-corrected chi connectivity index (χ2v) is 5.23. The number of hydrogen-bond donors (Lipinski definition) is 0. The van der Waals surface area contributed by atoms with Gasteiger partial charge in [0.25, 0.3) is 0 Å². The van der Waals surface area contributed by atoms with Gasteiger partial charge in [-0.1, -0.05) is 0 Å². The average Bonchev–Trinajstić information content (AvgIpc) is 3.20. The third-order valence-electron chi connectivity index (χ3n) is 3.83. The van der Waals surface area contributed by atoms with Gasteiger partial charge in [-0.3, -0.25) is 9.69 Å². The largest absolute Gasteiger partial charge is 0.468 e. The number of carbonyl (C=O) groups excluding carboxylic acids is 1. The van der Waals surface area contributed by atoms with Gasteiger partial charge in [-0.25, -0.2) is 9.67 Å². The van der Waals surface area contributed by atoms with E-state index in [9.17, 15) is 4.79 Å². The molecule has 2 aromatic heterocycles. The summed E-state index contributed by atoms with van der Waals surface area (Å²) >= 11 is 0. The highest BCUT2D eigenvalue weighted by Gasteiger charge is 2.26. The van der Waals surface area contributed by atoms with Gasteiger partial charge in [0.2, 0.25) is 5.91 Å². The van der Waals surface area contributed by atoms with Crippen molar-refractivity contribution in [2.75, 3.05) is 26.2 Å². The van der Waals surface area contributed by atoms with E-state index in [1.165, 1.54) is 6.33 Å². The maximum absolute atomic E-state index is 12.4. The van der Waals surface area contributed by atoms with Crippen molar-refractivity contribution in [3.63, 3.8) is 0 Å². The van der Waals surface area contributed by atoms with Crippen LogP contribution >= 0.6 is 0 Å². The molecule has 0 bridgehead atoms. The van der Waals surface area contributed by atoms with E-state index in [0.29, 0.717) is 0 Å². The molecule has 0 saturated carbocycles. The van der Waals surface area contributed by atoms with E-state index in [0.717, 1.165) is 38.5 Å². The fraction of sp³-hybridized carbons (Fsp3) is 0.500. The standard InChI is InChI=1S/C14H19N5O2/c1-12(19-11-15-10-16-19)14(20)18-6-4-17(5-7-18)9-13-3-2-8-21-13/h2-3,8,10-12H,4-7,9H2,1H3. The van der Waals surface area contributed by atoms with E-state index in [1.54, 1.807) is 17.3 Å². The van der Waals surface area contributed by atoms with Crippen LogP contribution in [0.1, 0.15) is 18.7 Å². The molecule has 0 radical (unpaired) electrons. The summed E-state index contributed by atoms with van der Waals surface area (Å²) in [6.07, 6.45) is 4.72. The molecule has 1 aliphatic rings. The smallest absolute Gasteiger partial charge is 0.247 e. The van der Waals surface area contributed by atoms with Crippen molar-refractivity contribution >= 4 is 5.91 Å². The van der Waals surface area contributed by atoms with E-state index in [2.05, 4.69) is 15.0 Å². The molecular weight excluding hydrogens is 270 g/mol. The van der Waals surface area contributed by atoms with Crippen LogP contribution in [-0.4, -0.2) is 56.7 Å². The van der Waals surface area contributed by atoms with Crippen LogP contribution in [0.5, 0.6) is 0 Å². The lowest BCUT2D eigenvalue weighted by Gasteiger charge is -2.35. The summed E-state index contributed by atoms with van der Waals surface area (Å²) in [4.78, 5) is 20.5. The molecule has 112 valence electrons. The quantitative estimate of drug-likeness (QED) is 0.832. The van der Waals surface area contributed by atoms with Crippen LogP contribution in [-0.2, 0) is 11.3 Å². The minimum atomic E-state index is -0.302. The third kappa shape index (κ3) is 3.13. The minimum absolute atomic E-state index is 0.0955. The Hall–Kier alpha value is -2.15. The second kappa shape index (κ2) is 6.09. The Labute approximate surface area is 123 Å². The Balaban J connectivity index is 1.52. The lowest BCUT2D eigenvalue weighted by Crippen LogP contribution is -2.49. The summed E-state index contributed by atoms with van der Waals surface area (Å²) in [6.45, 7) is 5.84. The van der Waals surface area contributed by atoms with Crippen LogP contribution in [0, 0.1) is 0 Å². The molecule has 7 nitrogen and oxygen atoms in total. The van der Waals surface area contributed by atoms with Crippen LogP contribution in [0.25, 0.3) is 0 Å². The summed E-state index contributed by atoms with van der Waals surface area (Å²) < 4.78 is 6.95. The molecule has 0 spiro atoms. The average molecular weight is 289 g/mol. The van der Waals surface area contributed by atoms with Crippen molar-refractivity contribution in [2.24, 2.45) is 0 Å². The summed E-state index contributed by atoms with van der Waals surface area (Å²) in [7, 11) is 0. The van der Waals surface area contributed by atoms with E-state index in [4.69, 9.17) is 4.42 Å². The van der Waals surface area contributed by atoms with Gasteiger partial charge in [-0.05, 0) is 19.1 Å². The number of amides is 1. The normalized spacial score (nSPS) is 17.9. The Morgan fingerprint density at radius 1 is 1.38 bits per heavy atom. The van der Waals surface area contributed by atoms with Gasteiger partial charge in [0.1, 0.15) is 24.5 Å². The van der Waals surface area contributed by atoms with Crippen molar-refractivity contribution in [3.8, 4) is 0 Å². The second-order valence-electron chi connectivity index (χ2n) is 5.23. The number of furan rings is 1. The highest BCUT2D eigenvalue weighted by molar-refractivity contribution is 5.80. The number of nitrogens with zero attached hydrogens (tertiary/aromatic N) is 5. The van der Waals surface area contributed by atoms with Crippen LogP contribution in [0.3, 0.4) is 0 Å². The first-order chi connectivity index (χ1) is 10.2. The zero-order valence-corrected chi connectivity index (χ0v) is 12.1. The summed E-state index contributed by atoms with van der Waals surface area (Å²) in [5, 5.41) is 4.03. The maximum atomic E-state index is 12.4. The third-order valence-corrected chi connectivity index (χ3v) is 3.83. The molecule has 1 amide bonds. The van der Waals surface area contributed by atoms with Gasteiger partial charge >= 0.3 is 0 Å². The van der Waals surface area contributed by atoms with E-state index >= 15 is 0 Å². The van der Waals surface area contributed by atoms with Crippen molar-refractivity contribution in [1.82, 2.24) is 24.6 Å². The molecule has 2 aromatic rings. The van der Waals surface area contributed by atoms with Crippen LogP contribution in [0.2, 0.25) is 0 Å². The number of hydrogen-bond acceptors (Lipinski definition) is 5. The molecular formula is C14H19N5O2.